The van der Waals surface area contributed by atoms with E-state index in [0.717, 1.165) is 70.6 Å². The van der Waals surface area contributed by atoms with Crippen LogP contribution < -0.4 is 0 Å². The van der Waals surface area contributed by atoms with Crippen LogP contribution >= 0.6 is 0 Å². The molecule has 0 spiro atoms. The maximum Gasteiger partial charge on any atom is 0.306 e. The SMILES string of the molecule is CCCCCCC/C=C\C/C=C\C/C=C\CCCCCCCCCCCCCCC(=O)OCC(COC(=O)CCCCCCCCC)OC(=O)CCCCCCCCCCCCCCCCCCCCCCC. The second kappa shape index (κ2) is 62.2. The van der Waals surface area contributed by atoms with Crippen molar-refractivity contribution in [2.24, 2.45) is 0 Å². The van der Waals surface area contributed by atoms with Crippen LogP contribution in [0, 0.1) is 0 Å². The molecule has 0 radical (unpaired) electrons. The molecule has 428 valence electrons. The lowest BCUT2D eigenvalue weighted by atomic mass is 10.0. The summed E-state index contributed by atoms with van der Waals surface area (Å²) >= 11 is 0. The molecule has 0 aliphatic rings. The third-order valence-electron chi connectivity index (χ3n) is 14.6. The molecule has 1 unspecified atom stereocenters. The van der Waals surface area contributed by atoms with Crippen LogP contribution in [0.15, 0.2) is 36.5 Å². The molecule has 0 amide bonds. The van der Waals surface area contributed by atoms with Crippen LogP contribution in [0.4, 0.5) is 0 Å². The van der Waals surface area contributed by atoms with Crippen molar-refractivity contribution in [3.63, 3.8) is 0 Å². The van der Waals surface area contributed by atoms with Crippen molar-refractivity contribution in [1.82, 2.24) is 0 Å². The van der Waals surface area contributed by atoms with Crippen LogP contribution in [0.5, 0.6) is 0 Å². The average Bonchev–Trinajstić information content (AvgIpc) is 3.39. The summed E-state index contributed by atoms with van der Waals surface area (Å²) in [5.74, 6) is -0.853. The number of ether oxygens (including phenoxy) is 3. The van der Waals surface area contributed by atoms with Gasteiger partial charge in [0.2, 0.25) is 0 Å². The molecule has 0 aliphatic heterocycles. The van der Waals surface area contributed by atoms with Crippen LogP contribution in [0.2, 0.25) is 0 Å². The minimum atomic E-state index is -0.767. The predicted octanol–water partition coefficient (Wildman–Crippen LogP) is 22.0. The summed E-state index contributed by atoms with van der Waals surface area (Å²) in [4.78, 5) is 38.1. The number of unbranched alkanes of at least 4 members (excludes halogenated alkanes) is 43. The number of hydrogen-bond acceptors (Lipinski definition) is 6. The first-order chi connectivity index (χ1) is 36.0. The number of rotatable bonds is 60. The third-order valence-corrected chi connectivity index (χ3v) is 14.6. The van der Waals surface area contributed by atoms with Crippen LogP contribution in [-0.2, 0) is 28.6 Å². The number of carbonyl (C=O) groups is 3. The Bertz CT molecular complexity index is 1220. The molecule has 0 saturated carbocycles. The van der Waals surface area contributed by atoms with Gasteiger partial charge in [0, 0.05) is 19.3 Å². The molecule has 73 heavy (non-hydrogen) atoms. The van der Waals surface area contributed by atoms with Gasteiger partial charge in [0.1, 0.15) is 13.2 Å². The van der Waals surface area contributed by atoms with Crippen LogP contribution in [0.1, 0.15) is 355 Å². The normalized spacial score (nSPS) is 12.2. The van der Waals surface area contributed by atoms with E-state index in [-0.39, 0.29) is 31.1 Å². The summed E-state index contributed by atoms with van der Waals surface area (Å²) in [7, 11) is 0. The van der Waals surface area contributed by atoms with Gasteiger partial charge in [0.25, 0.3) is 0 Å². The Morgan fingerprint density at radius 3 is 0.767 bits per heavy atom. The van der Waals surface area contributed by atoms with Crippen LogP contribution in [0.3, 0.4) is 0 Å². The molecule has 0 aliphatic carbocycles. The van der Waals surface area contributed by atoms with E-state index in [9.17, 15) is 14.4 Å². The zero-order valence-corrected chi connectivity index (χ0v) is 49.2. The van der Waals surface area contributed by atoms with Gasteiger partial charge >= 0.3 is 17.9 Å². The third kappa shape index (κ3) is 60.4. The molecule has 0 fully saturated rings. The Balaban J connectivity index is 4.08. The second-order valence-corrected chi connectivity index (χ2v) is 22.0. The first-order valence-corrected chi connectivity index (χ1v) is 32.5. The van der Waals surface area contributed by atoms with Gasteiger partial charge < -0.3 is 14.2 Å². The molecular weight excluding hydrogens is 901 g/mol. The van der Waals surface area contributed by atoms with Crippen molar-refractivity contribution in [1.29, 1.82) is 0 Å². The standard InChI is InChI=1S/C67H124O6/c1-4-7-10-13-16-18-20-22-24-26-28-30-31-32-33-34-35-37-38-40-42-44-46-48-51-54-57-60-66(69)72-63-64(62-71-65(68)59-56-53-50-15-12-9-6-3)73-67(70)61-58-55-52-49-47-45-43-41-39-36-29-27-25-23-21-19-17-14-11-8-5-2/h20,22,26,28,31-32,64H,4-19,21,23-25,27,29-30,33-63H2,1-3H3/b22-20-,28-26-,32-31-. The Labute approximate surface area is 455 Å². The van der Waals surface area contributed by atoms with Crippen molar-refractivity contribution < 1.29 is 28.6 Å². The monoisotopic (exact) mass is 1020 g/mol. The van der Waals surface area contributed by atoms with E-state index in [0.29, 0.717) is 19.3 Å². The summed E-state index contributed by atoms with van der Waals surface area (Å²) in [6.45, 7) is 6.64. The molecule has 1 atom stereocenters. The van der Waals surface area contributed by atoms with E-state index in [2.05, 4.69) is 57.2 Å². The lowest BCUT2D eigenvalue weighted by molar-refractivity contribution is -0.167. The first kappa shape index (κ1) is 70.6. The smallest absolute Gasteiger partial charge is 0.306 e. The van der Waals surface area contributed by atoms with E-state index >= 15 is 0 Å². The predicted molar refractivity (Wildman–Crippen MR) is 316 cm³/mol. The number of carbonyl (C=O) groups excluding carboxylic acids is 3. The summed E-state index contributed by atoms with van der Waals surface area (Å²) < 4.78 is 16.9. The molecule has 0 saturated heterocycles. The number of esters is 3. The van der Waals surface area contributed by atoms with E-state index in [1.54, 1.807) is 0 Å². The van der Waals surface area contributed by atoms with Gasteiger partial charge in [-0.1, -0.05) is 314 Å². The van der Waals surface area contributed by atoms with E-state index in [1.165, 1.54) is 244 Å². The number of hydrogen-bond donors (Lipinski definition) is 0. The van der Waals surface area contributed by atoms with Gasteiger partial charge in [-0.25, -0.2) is 0 Å². The fourth-order valence-electron chi connectivity index (χ4n) is 9.75. The van der Waals surface area contributed by atoms with Gasteiger partial charge in [-0.3, -0.25) is 14.4 Å². The molecule has 0 bridgehead atoms. The van der Waals surface area contributed by atoms with E-state index < -0.39 is 6.10 Å². The first-order valence-electron chi connectivity index (χ1n) is 32.5. The molecular formula is C67H124O6. The Kier molecular flexibility index (Phi) is 60.2. The van der Waals surface area contributed by atoms with Crippen LogP contribution in [-0.4, -0.2) is 37.2 Å². The highest BCUT2D eigenvalue weighted by molar-refractivity contribution is 5.71. The zero-order valence-electron chi connectivity index (χ0n) is 49.2. The molecule has 6 nitrogen and oxygen atoms in total. The Morgan fingerprint density at radius 1 is 0.274 bits per heavy atom. The lowest BCUT2D eigenvalue weighted by Gasteiger charge is -2.18. The van der Waals surface area contributed by atoms with Crippen molar-refractivity contribution in [3.8, 4) is 0 Å². The highest BCUT2D eigenvalue weighted by Gasteiger charge is 2.19. The summed E-state index contributed by atoms with van der Waals surface area (Å²) in [5, 5.41) is 0. The van der Waals surface area contributed by atoms with Crippen LogP contribution in [0.25, 0.3) is 0 Å². The van der Waals surface area contributed by atoms with Crippen molar-refractivity contribution >= 4 is 17.9 Å². The zero-order chi connectivity index (χ0) is 52.9. The fourth-order valence-corrected chi connectivity index (χ4v) is 9.75. The van der Waals surface area contributed by atoms with Gasteiger partial charge in [0.15, 0.2) is 6.10 Å². The van der Waals surface area contributed by atoms with E-state index in [4.69, 9.17) is 14.2 Å². The summed E-state index contributed by atoms with van der Waals surface area (Å²) in [5.41, 5.74) is 0. The molecule has 0 aromatic heterocycles. The summed E-state index contributed by atoms with van der Waals surface area (Å²) in [6.07, 6.45) is 76.1. The molecule has 0 N–H and O–H groups in total. The molecule has 0 rings (SSSR count). The molecule has 0 aromatic carbocycles. The average molecular weight is 1030 g/mol. The van der Waals surface area contributed by atoms with E-state index in [1.807, 2.05) is 0 Å². The van der Waals surface area contributed by atoms with Gasteiger partial charge in [-0.05, 0) is 57.8 Å². The quantitative estimate of drug-likeness (QED) is 0.0261. The lowest BCUT2D eigenvalue weighted by Crippen LogP contribution is -2.30. The second-order valence-electron chi connectivity index (χ2n) is 22.0. The Hall–Kier alpha value is -2.37. The molecule has 0 heterocycles. The maximum absolute atomic E-state index is 12.9. The fraction of sp³-hybridized carbons (Fsp3) is 0.866. The topological polar surface area (TPSA) is 78.9 Å². The maximum atomic E-state index is 12.9. The Morgan fingerprint density at radius 2 is 0.493 bits per heavy atom. The minimum absolute atomic E-state index is 0.0679. The largest absolute Gasteiger partial charge is 0.462 e. The number of allylic oxidation sites excluding steroid dienone is 6. The van der Waals surface area contributed by atoms with Crippen molar-refractivity contribution in [3.05, 3.63) is 36.5 Å². The highest BCUT2D eigenvalue weighted by atomic mass is 16.6. The van der Waals surface area contributed by atoms with Gasteiger partial charge in [0.05, 0.1) is 0 Å². The highest BCUT2D eigenvalue weighted by Crippen LogP contribution is 2.18. The summed E-state index contributed by atoms with van der Waals surface area (Å²) in [6, 6.07) is 0. The van der Waals surface area contributed by atoms with Crippen molar-refractivity contribution in [2.45, 2.75) is 361 Å². The molecule has 6 heteroatoms. The minimum Gasteiger partial charge on any atom is -0.462 e. The van der Waals surface area contributed by atoms with Gasteiger partial charge in [-0.2, -0.15) is 0 Å². The van der Waals surface area contributed by atoms with Gasteiger partial charge in [-0.15, -0.1) is 0 Å². The molecule has 0 aromatic rings. The van der Waals surface area contributed by atoms with Crippen molar-refractivity contribution in [2.75, 3.05) is 13.2 Å².